The average Bonchev–Trinajstić information content (AvgIpc) is 1.95. The molecule has 0 saturated heterocycles. The van der Waals surface area contributed by atoms with E-state index in [1.165, 1.54) is 0 Å². The predicted octanol–water partition coefficient (Wildman–Crippen LogP) is 0.817. The minimum Gasteiger partial charge on any atom is -0.268 e. The number of alkyl halides is 1. The number of H-pyrrole nitrogens is 1. The second-order valence-corrected chi connectivity index (χ2v) is 2.25. The molecule has 10 heavy (non-hydrogen) atoms. The number of halogens is 1. The van der Waals surface area contributed by atoms with Gasteiger partial charge in [0.25, 0.3) is 5.56 Å². The highest BCUT2D eigenvalue weighted by molar-refractivity contribution is 6.17. The highest BCUT2D eigenvalue weighted by Crippen LogP contribution is 2.01. The van der Waals surface area contributed by atoms with Crippen LogP contribution in [0, 0.1) is 6.92 Å². The Morgan fingerprint density at radius 3 is 3.00 bits per heavy atom. The molecule has 1 aromatic heterocycles. The highest BCUT2D eigenvalue weighted by Gasteiger charge is 1.98. The second-order valence-electron chi connectivity index (χ2n) is 1.98. The van der Waals surface area contributed by atoms with Crippen LogP contribution < -0.4 is 5.56 Å². The SMILES string of the molecule is Cc1c(CCl)cn[nH]c1=O. The number of aromatic nitrogens is 2. The third kappa shape index (κ3) is 1.19. The van der Waals surface area contributed by atoms with E-state index in [0.717, 1.165) is 5.56 Å². The topological polar surface area (TPSA) is 45.8 Å². The highest BCUT2D eigenvalue weighted by atomic mass is 35.5. The smallest absolute Gasteiger partial charge is 0.267 e. The summed E-state index contributed by atoms with van der Waals surface area (Å²) in [6.45, 7) is 1.72. The lowest BCUT2D eigenvalue weighted by atomic mass is 10.2. The lowest BCUT2D eigenvalue weighted by molar-refractivity contribution is 0.947. The lowest BCUT2D eigenvalue weighted by Crippen LogP contribution is -2.12. The van der Waals surface area contributed by atoms with Crippen LogP contribution in [0.25, 0.3) is 0 Å². The summed E-state index contributed by atoms with van der Waals surface area (Å²) >= 11 is 5.51. The van der Waals surface area contributed by atoms with Crippen LogP contribution in [0.4, 0.5) is 0 Å². The van der Waals surface area contributed by atoms with E-state index in [1.807, 2.05) is 0 Å². The Hall–Kier alpha value is -0.830. The monoisotopic (exact) mass is 158 g/mol. The molecular formula is C6H7ClN2O. The Morgan fingerprint density at radius 2 is 2.50 bits per heavy atom. The van der Waals surface area contributed by atoms with E-state index >= 15 is 0 Å². The summed E-state index contributed by atoms with van der Waals surface area (Å²) in [6.07, 6.45) is 1.56. The molecule has 0 aliphatic heterocycles. The molecule has 3 nitrogen and oxygen atoms in total. The first-order valence-electron chi connectivity index (χ1n) is 2.85. The minimum atomic E-state index is -0.168. The van der Waals surface area contributed by atoms with E-state index in [4.69, 9.17) is 11.6 Å². The number of rotatable bonds is 1. The van der Waals surface area contributed by atoms with Crippen molar-refractivity contribution < 1.29 is 0 Å². The third-order valence-corrected chi connectivity index (χ3v) is 1.64. The van der Waals surface area contributed by atoms with Gasteiger partial charge < -0.3 is 0 Å². The molecule has 0 radical (unpaired) electrons. The van der Waals surface area contributed by atoms with Gasteiger partial charge in [0.2, 0.25) is 0 Å². The molecule has 0 fully saturated rings. The molecule has 1 rings (SSSR count). The van der Waals surface area contributed by atoms with Gasteiger partial charge in [-0.3, -0.25) is 4.79 Å². The Labute approximate surface area is 63.0 Å². The molecule has 0 saturated carbocycles. The van der Waals surface area contributed by atoms with Crippen molar-refractivity contribution >= 4 is 11.6 Å². The van der Waals surface area contributed by atoms with Gasteiger partial charge >= 0.3 is 0 Å². The largest absolute Gasteiger partial charge is 0.268 e. The Kier molecular flexibility index (Phi) is 2.06. The van der Waals surface area contributed by atoms with Gasteiger partial charge in [-0.15, -0.1) is 11.6 Å². The van der Waals surface area contributed by atoms with Gasteiger partial charge in [-0.25, -0.2) is 5.10 Å². The van der Waals surface area contributed by atoms with Gasteiger partial charge in [-0.05, 0) is 12.5 Å². The zero-order valence-corrected chi connectivity index (χ0v) is 6.27. The molecule has 0 atom stereocenters. The number of hydrogen-bond donors (Lipinski definition) is 1. The summed E-state index contributed by atoms with van der Waals surface area (Å²) in [5.41, 5.74) is 1.26. The summed E-state index contributed by atoms with van der Waals surface area (Å²) < 4.78 is 0. The van der Waals surface area contributed by atoms with E-state index in [9.17, 15) is 4.79 Å². The standard InChI is InChI=1S/C6H7ClN2O/c1-4-5(2-7)3-8-9-6(4)10/h3H,2H2,1H3,(H,9,10). The van der Waals surface area contributed by atoms with Gasteiger partial charge in [0, 0.05) is 11.4 Å². The summed E-state index contributed by atoms with van der Waals surface area (Å²) in [5.74, 6) is 0.336. The summed E-state index contributed by atoms with van der Waals surface area (Å²) in [7, 11) is 0. The lowest BCUT2D eigenvalue weighted by Gasteiger charge is -1.95. The maximum absolute atomic E-state index is 10.8. The van der Waals surface area contributed by atoms with E-state index in [1.54, 1.807) is 13.1 Å². The van der Waals surface area contributed by atoms with Crippen molar-refractivity contribution in [1.29, 1.82) is 0 Å². The second kappa shape index (κ2) is 2.84. The molecule has 0 amide bonds. The van der Waals surface area contributed by atoms with Gasteiger partial charge in [0.15, 0.2) is 0 Å². The van der Waals surface area contributed by atoms with Gasteiger partial charge in [-0.2, -0.15) is 5.10 Å². The molecule has 0 aromatic carbocycles. The molecule has 1 aromatic rings. The number of nitrogens with zero attached hydrogens (tertiary/aromatic N) is 1. The molecule has 0 aliphatic carbocycles. The summed E-state index contributed by atoms with van der Waals surface area (Å²) in [5, 5.41) is 5.90. The third-order valence-electron chi connectivity index (χ3n) is 1.35. The van der Waals surface area contributed by atoms with Crippen LogP contribution in [-0.4, -0.2) is 10.2 Å². The number of aromatic amines is 1. The fraction of sp³-hybridized carbons (Fsp3) is 0.333. The van der Waals surface area contributed by atoms with E-state index in [-0.39, 0.29) is 5.56 Å². The van der Waals surface area contributed by atoms with Crippen LogP contribution in [0.15, 0.2) is 11.0 Å². The number of hydrogen-bond acceptors (Lipinski definition) is 2. The molecule has 0 aliphatic rings. The van der Waals surface area contributed by atoms with Crippen LogP contribution in [0.3, 0.4) is 0 Å². The maximum Gasteiger partial charge on any atom is 0.267 e. The first-order chi connectivity index (χ1) is 4.75. The van der Waals surface area contributed by atoms with Crippen molar-refractivity contribution in [1.82, 2.24) is 10.2 Å². The molecule has 4 heteroatoms. The van der Waals surface area contributed by atoms with Gasteiger partial charge in [-0.1, -0.05) is 0 Å². The molecule has 54 valence electrons. The van der Waals surface area contributed by atoms with Crippen molar-refractivity contribution in [3.05, 3.63) is 27.7 Å². The van der Waals surface area contributed by atoms with Crippen molar-refractivity contribution in [2.45, 2.75) is 12.8 Å². The normalized spacial score (nSPS) is 9.80. The van der Waals surface area contributed by atoms with Crippen LogP contribution in [-0.2, 0) is 5.88 Å². The maximum atomic E-state index is 10.8. The van der Waals surface area contributed by atoms with Gasteiger partial charge in [0.1, 0.15) is 0 Å². The zero-order valence-electron chi connectivity index (χ0n) is 5.52. The quantitative estimate of drug-likeness (QED) is 0.615. The fourth-order valence-electron chi connectivity index (χ4n) is 0.630. The van der Waals surface area contributed by atoms with Crippen LogP contribution in [0.5, 0.6) is 0 Å². The fourth-order valence-corrected chi connectivity index (χ4v) is 0.900. The van der Waals surface area contributed by atoms with E-state index < -0.39 is 0 Å². The minimum absolute atomic E-state index is 0.168. The molecule has 1 heterocycles. The molecular weight excluding hydrogens is 152 g/mol. The molecule has 0 spiro atoms. The zero-order chi connectivity index (χ0) is 7.56. The van der Waals surface area contributed by atoms with Crippen LogP contribution >= 0.6 is 11.6 Å². The van der Waals surface area contributed by atoms with Crippen LogP contribution in [0.2, 0.25) is 0 Å². The predicted molar refractivity (Wildman–Crippen MR) is 39.2 cm³/mol. The van der Waals surface area contributed by atoms with Crippen molar-refractivity contribution in [3.8, 4) is 0 Å². The number of nitrogens with one attached hydrogen (secondary N) is 1. The first-order valence-corrected chi connectivity index (χ1v) is 3.38. The average molecular weight is 159 g/mol. The first kappa shape index (κ1) is 7.28. The molecule has 1 N–H and O–H groups in total. The van der Waals surface area contributed by atoms with Crippen molar-refractivity contribution in [2.24, 2.45) is 0 Å². The summed E-state index contributed by atoms with van der Waals surface area (Å²) in [4.78, 5) is 10.8. The Bertz CT molecular complexity index is 281. The van der Waals surface area contributed by atoms with E-state index in [2.05, 4.69) is 10.2 Å². The van der Waals surface area contributed by atoms with Gasteiger partial charge in [0.05, 0.1) is 6.20 Å². The Balaban J connectivity index is 3.28. The molecule has 0 bridgehead atoms. The van der Waals surface area contributed by atoms with E-state index in [0.29, 0.717) is 11.4 Å². The van der Waals surface area contributed by atoms with Crippen molar-refractivity contribution in [2.75, 3.05) is 0 Å². The summed E-state index contributed by atoms with van der Waals surface area (Å²) in [6, 6.07) is 0. The van der Waals surface area contributed by atoms with Crippen molar-refractivity contribution in [3.63, 3.8) is 0 Å². The van der Waals surface area contributed by atoms with Crippen LogP contribution in [0.1, 0.15) is 11.1 Å². The molecule has 0 unspecified atom stereocenters. The Morgan fingerprint density at radius 1 is 1.80 bits per heavy atom.